The van der Waals surface area contributed by atoms with Crippen molar-refractivity contribution in [3.63, 3.8) is 0 Å². The molecule has 1 aromatic carbocycles. The van der Waals surface area contributed by atoms with Gasteiger partial charge < -0.3 is 10.1 Å². The summed E-state index contributed by atoms with van der Waals surface area (Å²) < 4.78 is 5.63. The smallest absolute Gasteiger partial charge is 0.325 e. The highest BCUT2D eigenvalue weighted by Crippen LogP contribution is 2.61. The average Bonchev–Trinajstić information content (AvgIpc) is 3.46. The van der Waals surface area contributed by atoms with Gasteiger partial charge in [-0.3, -0.25) is 9.69 Å². The van der Waals surface area contributed by atoms with Gasteiger partial charge in [0.1, 0.15) is 0 Å². The van der Waals surface area contributed by atoms with Crippen LogP contribution in [0.15, 0.2) is 18.2 Å². The highest BCUT2D eigenvalue weighted by molar-refractivity contribution is 6.09. The fourth-order valence-electron chi connectivity index (χ4n) is 6.55. The van der Waals surface area contributed by atoms with Crippen molar-refractivity contribution in [1.82, 2.24) is 10.2 Å². The normalized spacial score (nSPS) is 36.6. The van der Waals surface area contributed by atoms with Crippen molar-refractivity contribution in [2.45, 2.75) is 87.8 Å². The third kappa shape index (κ3) is 2.31. The number of fused-ring (bicyclic) bond motifs is 3. The molecule has 3 amide bonds. The molecule has 5 nitrogen and oxygen atoms in total. The Bertz CT molecular complexity index is 880. The summed E-state index contributed by atoms with van der Waals surface area (Å²) in [6.07, 6.45) is 10.4. The first-order valence-corrected chi connectivity index (χ1v) is 11.4. The van der Waals surface area contributed by atoms with Crippen LogP contribution in [0.4, 0.5) is 4.79 Å². The molecule has 1 unspecified atom stereocenters. The maximum absolute atomic E-state index is 14.1. The Labute approximate surface area is 172 Å². The summed E-state index contributed by atoms with van der Waals surface area (Å²) in [5, 5.41) is 3.31. The van der Waals surface area contributed by atoms with E-state index in [1.165, 1.54) is 24.0 Å². The van der Waals surface area contributed by atoms with E-state index in [1.54, 1.807) is 12.0 Å². The highest BCUT2D eigenvalue weighted by atomic mass is 16.5. The first-order valence-electron chi connectivity index (χ1n) is 11.4. The molecule has 1 aromatic rings. The van der Waals surface area contributed by atoms with Crippen molar-refractivity contribution in [2.75, 3.05) is 7.11 Å². The molecule has 5 aliphatic rings. The Balaban J connectivity index is 1.48. The number of rotatable bonds is 3. The standard InChI is InChI=1S/C24H30N2O3/c1-29-19-9-11-23(12-10-19)14-17-8-7-16(15-5-6-15)13-20(17)24(23)21(27)26(22(28)25-24)18-3-2-4-18/h7-8,13,15,18-19H,2-6,9-12,14H2,1H3,(H,25,28). The van der Waals surface area contributed by atoms with Crippen molar-refractivity contribution < 1.29 is 14.3 Å². The number of nitrogens with one attached hydrogen (secondary N) is 1. The van der Waals surface area contributed by atoms with Gasteiger partial charge in [0.15, 0.2) is 5.54 Å². The fraction of sp³-hybridized carbons (Fsp3) is 0.667. The molecule has 1 saturated heterocycles. The molecular formula is C24H30N2O3. The van der Waals surface area contributed by atoms with Crippen molar-refractivity contribution in [1.29, 1.82) is 0 Å². The van der Waals surface area contributed by atoms with Gasteiger partial charge in [-0.1, -0.05) is 18.2 Å². The fourth-order valence-corrected chi connectivity index (χ4v) is 6.55. The van der Waals surface area contributed by atoms with E-state index >= 15 is 0 Å². The highest BCUT2D eigenvalue weighted by Gasteiger charge is 2.69. The lowest BCUT2D eigenvalue weighted by atomic mass is 9.61. The lowest BCUT2D eigenvalue weighted by Gasteiger charge is -2.46. The van der Waals surface area contributed by atoms with Crippen LogP contribution in [0.2, 0.25) is 0 Å². The van der Waals surface area contributed by atoms with Gasteiger partial charge in [-0.25, -0.2) is 4.79 Å². The molecule has 3 saturated carbocycles. The number of urea groups is 1. The van der Waals surface area contributed by atoms with Gasteiger partial charge in [0.2, 0.25) is 0 Å². The molecule has 4 fully saturated rings. The van der Waals surface area contributed by atoms with E-state index in [2.05, 4.69) is 23.5 Å². The van der Waals surface area contributed by atoms with Gasteiger partial charge in [-0.2, -0.15) is 0 Å². The largest absolute Gasteiger partial charge is 0.381 e. The maximum Gasteiger partial charge on any atom is 0.325 e. The van der Waals surface area contributed by atoms with Crippen LogP contribution in [-0.4, -0.2) is 36.1 Å². The molecule has 29 heavy (non-hydrogen) atoms. The van der Waals surface area contributed by atoms with Crippen LogP contribution in [0.3, 0.4) is 0 Å². The number of ether oxygens (including phenoxy) is 1. The summed E-state index contributed by atoms with van der Waals surface area (Å²) in [6.45, 7) is 0. The van der Waals surface area contributed by atoms with E-state index in [0.717, 1.165) is 56.9 Å². The monoisotopic (exact) mass is 394 g/mol. The van der Waals surface area contributed by atoms with E-state index in [0.29, 0.717) is 5.92 Å². The second-order valence-electron chi connectivity index (χ2n) is 10.0. The van der Waals surface area contributed by atoms with E-state index in [4.69, 9.17) is 4.74 Å². The Kier molecular flexibility index (Phi) is 3.75. The van der Waals surface area contributed by atoms with Crippen LogP contribution in [0, 0.1) is 5.41 Å². The zero-order chi connectivity index (χ0) is 19.8. The Morgan fingerprint density at radius 1 is 1.07 bits per heavy atom. The molecule has 6 rings (SSSR count). The summed E-state index contributed by atoms with van der Waals surface area (Å²) >= 11 is 0. The van der Waals surface area contributed by atoms with E-state index in [1.807, 2.05) is 0 Å². The number of hydrogen-bond donors (Lipinski definition) is 1. The summed E-state index contributed by atoms with van der Waals surface area (Å²) in [7, 11) is 1.78. The van der Waals surface area contributed by atoms with Crippen LogP contribution >= 0.6 is 0 Å². The van der Waals surface area contributed by atoms with Crippen LogP contribution in [0.25, 0.3) is 0 Å². The molecule has 1 N–H and O–H groups in total. The molecular weight excluding hydrogens is 364 g/mol. The lowest BCUT2D eigenvalue weighted by Crippen LogP contribution is -2.57. The number of imide groups is 1. The van der Waals surface area contributed by atoms with E-state index < -0.39 is 5.54 Å². The lowest BCUT2D eigenvalue weighted by molar-refractivity contribution is -0.141. The SMILES string of the molecule is COC1CCC2(CC1)Cc1ccc(C3CC3)cc1C21NC(=O)N(C2CCC2)C1=O. The van der Waals surface area contributed by atoms with Crippen LogP contribution in [0.5, 0.6) is 0 Å². The van der Waals surface area contributed by atoms with Crippen LogP contribution in [0.1, 0.15) is 80.4 Å². The predicted molar refractivity (Wildman–Crippen MR) is 109 cm³/mol. The Hall–Kier alpha value is -1.88. The number of carbonyl (C=O) groups is 2. The molecule has 0 bridgehead atoms. The van der Waals surface area contributed by atoms with Gasteiger partial charge >= 0.3 is 6.03 Å². The van der Waals surface area contributed by atoms with Crippen LogP contribution in [-0.2, 0) is 21.5 Å². The second-order valence-corrected chi connectivity index (χ2v) is 10.0. The van der Waals surface area contributed by atoms with E-state index in [-0.39, 0.29) is 29.5 Å². The zero-order valence-electron chi connectivity index (χ0n) is 17.2. The van der Waals surface area contributed by atoms with Crippen molar-refractivity contribution in [3.8, 4) is 0 Å². The molecule has 2 spiro atoms. The van der Waals surface area contributed by atoms with Gasteiger partial charge in [0.25, 0.3) is 5.91 Å². The molecule has 0 aromatic heterocycles. The molecule has 5 heteroatoms. The van der Waals surface area contributed by atoms with Gasteiger partial charge in [-0.05, 0) is 86.8 Å². The van der Waals surface area contributed by atoms with Gasteiger partial charge in [0.05, 0.1) is 6.10 Å². The molecule has 1 aliphatic heterocycles. The predicted octanol–water partition coefficient (Wildman–Crippen LogP) is 4.00. The van der Waals surface area contributed by atoms with Crippen molar-refractivity contribution in [2.24, 2.45) is 5.41 Å². The van der Waals surface area contributed by atoms with Gasteiger partial charge in [-0.15, -0.1) is 0 Å². The third-order valence-electron chi connectivity index (χ3n) is 8.63. The number of benzene rings is 1. The minimum atomic E-state index is -0.876. The number of carbonyl (C=O) groups excluding carboxylic acids is 2. The number of amides is 3. The maximum atomic E-state index is 14.1. The topological polar surface area (TPSA) is 58.6 Å². The van der Waals surface area contributed by atoms with Gasteiger partial charge in [0, 0.05) is 18.6 Å². The third-order valence-corrected chi connectivity index (χ3v) is 8.63. The summed E-state index contributed by atoms with van der Waals surface area (Å²) in [5.74, 6) is 0.655. The minimum Gasteiger partial charge on any atom is -0.381 e. The zero-order valence-corrected chi connectivity index (χ0v) is 17.2. The molecule has 1 heterocycles. The van der Waals surface area contributed by atoms with E-state index in [9.17, 15) is 9.59 Å². The molecule has 154 valence electrons. The summed E-state index contributed by atoms with van der Waals surface area (Å²) in [4.78, 5) is 28.8. The quantitative estimate of drug-likeness (QED) is 0.789. The first-order chi connectivity index (χ1) is 14.1. The average molecular weight is 395 g/mol. The van der Waals surface area contributed by atoms with Crippen molar-refractivity contribution in [3.05, 3.63) is 34.9 Å². The molecule has 1 atom stereocenters. The number of nitrogens with zero attached hydrogens (tertiary/aromatic N) is 1. The number of hydrogen-bond acceptors (Lipinski definition) is 3. The first kappa shape index (κ1) is 17.9. The Morgan fingerprint density at radius 3 is 2.45 bits per heavy atom. The summed E-state index contributed by atoms with van der Waals surface area (Å²) in [5.41, 5.74) is 2.60. The van der Waals surface area contributed by atoms with Crippen LogP contribution < -0.4 is 5.32 Å². The molecule has 4 aliphatic carbocycles. The van der Waals surface area contributed by atoms with Crippen molar-refractivity contribution >= 4 is 11.9 Å². The minimum absolute atomic E-state index is 0.0229. The Morgan fingerprint density at radius 2 is 1.83 bits per heavy atom. The second kappa shape index (κ2) is 6.07. The summed E-state index contributed by atoms with van der Waals surface area (Å²) in [6, 6.07) is 6.69. The number of methoxy groups -OCH3 is 1. The molecule has 0 radical (unpaired) electrons.